The Morgan fingerprint density at radius 2 is 2.38 bits per heavy atom. The highest BCUT2D eigenvalue weighted by Gasteiger charge is 2.00. The standard InChI is InChI=1S/C10H13ClN4O/c1-15-7-13-10(14-15)4-5-12-6-8-2-3-9(11)16-8/h2-3,7,12H,4-6H2,1H3. The molecule has 1 N–H and O–H groups in total. The van der Waals surface area contributed by atoms with Gasteiger partial charge in [0.25, 0.3) is 0 Å². The second-order valence-electron chi connectivity index (χ2n) is 3.47. The molecule has 0 atom stereocenters. The fourth-order valence-corrected chi connectivity index (χ4v) is 1.52. The molecule has 16 heavy (non-hydrogen) atoms. The van der Waals surface area contributed by atoms with Gasteiger partial charge < -0.3 is 9.73 Å². The number of aryl methyl sites for hydroxylation is 1. The highest BCUT2D eigenvalue weighted by molar-refractivity contribution is 6.28. The lowest BCUT2D eigenvalue weighted by Gasteiger charge is -1.99. The molecule has 5 nitrogen and oxygen atoms in total. The second kappa shape index (κ2) is 5.14. The molecule has 2 rings (SSSR count). The van der Waals surface area contributed by atoms with Crippen molar-refractivity contribution in [1.29, 1.82) is 0 Å². The van der Waals surface area contributed by atoms with E-state index in [-0.39, 0.29) is 0 Å². The third-order valence-electron chi connectivity index (χ3n) is 2.10. The third kappa shape index (κ3) is 3.08. The zero-order chi connectivity index (χ0) is 11.4. The average Bonchev–Trinajstić information content (AvgIpc) is 2.83. The summed E-state index contributed by atoms with van der Waals surface area (Å²) in [4.78, 5) is 4.13. The van der Waals surface area contributed by atoms with E-state index >= 15 is 0 Å². The average molecular weight is 241 g/mol. The van der Waals surface area contributed by atoms with Crippen LogP contribution >= 0.6 is 11.6 Å². The first-order valence-electron chi connectivity index (χ1n) is 5.03. The van der Waals surface area contributed by atoms with Crippen molar-refractivity contribution < 1.29 is 4.42 Å². The normalized spacial score (nSPS) is 10.9. The van der Waals surface area contributed by atoms with Gasteiger partial charge in [0.05, 0.1) is 6.54 Å². The van der Waals surface area contributed by atoms with Crippen LogP contribution in [0.3, 0.4) is 0 Å². The van der Waals surface area contributed by atoms with Gasteiger partial charge in [-0.1, -0.05) is 0 Å². The number of hydrogen-bond donors (Lipinski definition) is 1. The van der Waals surface area contributed by atoms with Crippen molar-refractivity contribution in [2.75, 3.05) is 6.54 Å². The van der Waals surface area contributed by atoms with Crippen molar-refractivity contribution >= 4 is 11.6 Å². The van der Waals surface area contributed by atoms with E-state index in [0.29, 0.717) is 11.8 Å². The Hall–Kier alpha value is -1.33. The van der Waals surface area contributed by atoms with Crippen LogP contribution in [0, 0.1) is 0 Å². The van der Waals surface area contributed by atoms with Gasteiger partial charge in [0, 0.05) is 20.0 Å². The van der Waals surface area contributed by atoms with Crippen LogP contribution in [0.25, 0.3) is 0 Å². The number of furan rings is 1. The van der Waals surface area contributed by atoms with Crippen LogP contribution < -0.4 is 5.32 Å². The van der Waals surface area contributed by atoms with E-state index < -0.39 is 0 Å². The summed E-state index contributed by atoms with van der Waals surface area (Å²) in [5.74, 6) is 1.67. The summed E-state index contributed by atoms with van der Waals surface area (Å²) >= 11 is 5.65. The van der Waals surface area contributed by atoms with Gasteiger partial charge in [0.2, 0.25) is 0 Å². The molecule has 0 saturated heterocycles. The number of nitrogens with one attached hydrogen (secondary N) is 1. The molecule has 2 aromatic rings. The van der Waals surface area contributed by atoms with E-state index in [1.807, 2.05) is 13.1 Å². The maximum absolute atomic E-state index is 5.65. The summed E-state index contributed by atoms with van der Waals surface area (Å²) in [5.41, 5.74) is 0. The Balaban J connectivity index is 1.69. The van der Waals surface area contributed by atoms with Crippen molar-refractivity contribution in [2.24, 2.45) is 7.05 Å². The second-order valence-corrected chi connectivity index (χ2v) is 3.84. The molecule has 0 aliphatic carbocycles. The molecule has 0 fully saturated rings. The molecular weight excluding hydrogens is 228 g/mol. The summed E-state index contributed by atoms with van der Waals surface area (Å²) in [6.07, 6.45) is 2.50. The van der Waals surface area contributed by atoms with Crippen molar-refractivity contribution in [3.63, 3.8) is 0 Å². The Bertz CT molecular complexity index is 409. The van der Waals surface area contributed by atoms with Gasteiger partial charge in [0.15, 0.2) is 11.0 Å². The van der Waals surface area contributed by atoms with Gasteiger partial charge in [0.1, 0.15) is 12.1 Å². The number of nitrogens with zero attached hydrogens (tertiary/aromatic N) is 3. The minimum absolute atomic E-state index is 0.420. The molecule has 0 aliphatic rings. The van der Waals surface area contributed by atoms with Crippen molar-refractivity contribution in [1.82, 2.24) is 20.1 Å². The third-order valence-corrected chi connectivity index (χ3v) is 2.30. The number of hydrogen-bond acceptors (Lipinski definition) is 4. The molecule has 86 valence electrons. The monoisotopic (exact) mass is 240 g/mol. The summed E-state index contributed by atoms with van der Waals surface area (Å²) in [6.45, 7) is 1.47. The lowest BCUT2D eigenvalue weighted by Crippen LogP contribution is -2.16. The summed E-state index contributed by atoms with van der Waals surface area (Å²) in [6, 6.07) is 3.59. The van der Waals surface area contributed by atoms with E-state index in [4.69, 9.17) is 16.0 Å². The van der Waals surface area contributed by atoms with Crippen LogP contribution in [0.15, 0.2) is 22.9 Å². The Morgan fingerprint density at radius 1 is 1.50 bits per heavy atom. The van der Waals surface area contributed by atoms with Crippen molar-refractivity contribution in [2.45, 2.75) is 13.0 Å². The molecule has 0 amide bonds. The first-order valence-corrected chi connectivity index (χ1v) is 5.41. The molecule has 0 radical (unpaired) electrons. The molecule has 0 aliphatic heterocycles. The lowest BCUT2D eigenvalue weighted by atomic mass is 10.4. The molecule has 0 bridgehead atoms. The topological polar surface area (TPSA) is 55.9 Å². The highest BCUT2D eigenvalue weighted by atomic mass is 35.5. The number of aromatic nitrogens is 3. The van der Waals surface area contributed by atoms with Gasteiger partial charge >= 0.3 is 0 Å². The smallest absolute Gasteiger partial charge is 0.193 e. The van der Waals surface area contributed by atoms with Gasteiger partial charge in [-0.25, -0.2) is 4.98 Å². The van der Waals surface area contributed by atoms with Gasteiger partial charge in [-0.2, -0.15) is 5.10 Å². The van der Waals surface area contributed by atoms with Crippen molar-refractivity contribution in [3.05, 3.63) is 35.3 Å². The van der Waals surface area contributed by atoms with Crippen molar-refractivity contribution in [3.8, 4) is 0 Å². The van der Waals surface area contributed by atoms with Gasteiger partial charge in [-0.05, 0) is 23.7 Å². The molecular formula is C10H13ClN4O. The van der Waals surface area contributed by atoms with E-state index in [1.54, 1.807) is 17.1 Å². The van der Waals surface area contributed by atoms with Crippen LogP contribution in [-0.2, 0) is 20.0 Å². The summed E-state index contributed by atoms with van der Waals surface area (Å²) in [7, 11) is 1.86. The van der Waals surface area contributed by atoms with E-state index in [0.717, 1.165) is 24.6 Å². The zero-order valence-corrected chi connectivity index (χ0v) is 9.74. The van der Waals surface area contributed by atoms with Crippen LogP contribution in [0.5, 0.6) is 0 Å². The maximum Gasteiger partial charge on any atom is 0.193 e. The minimum Gasteiger partial charge on any atom is -0.448 e. The quantitative estimate of drug-likeness (QED) is 0.803. The molecule has 0 spiro atoms. The maximum atomic E-state index is 5.65. The largest absolute Gasteiger partial charge is 0.448 e. The lowest BCUT2D eigenvalue weighted by molar-refractivity contribution is 0.484. The zero-order valence-electron chi connectivity index (χ0n) is 8.98. The van der Waals surface area contributed by atoms with Gasteiger partial charge in [-0.15, -0.1) is 0 Å². The highest BCUT2D eigenvalue weighted by Crippen LogP contribution is 2.12. The van der Waals surface area contributed by atoms with E-state index in [1.165, 1.54) is 0 Å². The molecule has 0 saturated carbocycles. The van der Waals surface area contributed by atoms with Crippen LogP contribution in [-0.4, -0.2) is 21.3 Å². The molecule has 0 aromatic carbocycles. The van der Waals surface area contributed by atoms with E-state index in [9.17, 15) is 0 Å². The Kier molecular flexibility index (Phi) is 3.58. The van der Waals surface area contributed by atoms with Crippen LogP contribution in [0.4, 0.5) is 0 Å². The summed E-state index contributed by atoms with van der Waals surface area (Å²) < 4.78 is 6.90. The molecule has 2 heterocycles. The van der Waals surface area contributed by atoms with Gasteiger partial charge in [-0.3, -0.25) is 4.68 Å². The predicted octanol–water partition coefficient (Wildman–Crippen LogP) is 1.39. The fraction of sp³-hybridized carbons (Fsp3) is 0.400. The molecule has 6 heteroatoms. The molecule has 2 aromatic heterocycles. The first kappa shape index (κ1) is 11.2. The van der Waals surface area contributed by atoms with E-state index in [2.05, 4.69) is 15.4 Å². The number of rotatable bonds is 5. The fourth-order valence-electron chi connectivity index (χ4n) is 1.36. The minimum atomic E-state index is 0.420. The summed E-state index contributed by atoms with van der Waals surface area (Å²) in [5, 5.41) is 7.83. The van der Waals surface area contributed by atoms with Crippen LogP contribution in [0.2, 0.25) is 5.22 Å². The Labute approximate surface area is 98.4 Å². The Morgan fingerprint density at radius 3 is 3.00 bits per heavy atom. The SMILES string of the molecule is Cn1cnc(CCNCc2ccc(Cl)o2)n1. The van der Waals surface area contributed by atoms with Crippen LogP contribution in [0.1, 0.15) is 11.6 Å². The first-order chi connectivity index (χ1) is 7.74. The molecule has 0 unspecified atom stereocenters. The number of halogens is 1. The predicted molar refractivity (Wildman–Crippen MR) is 60.1 cm³/mol.